The van der Waals surface area contributed by atoms with Gasteiger partial charge in [-0.2, -0.15) is 5.10 Å². The van der Waals surface area contributed by atoms with Gasteiger partial charge < -0.3 is 4.98 Å². The van der Waals surface area contributed by atoms with Crippen LogP contribution in [0.5, 0.6) is 0 Å². The van der Waals surface area contributed by atoms with Crippen molar-refractivity contribution in [2.75, 3.05) is 0 Å². The van der Waals surface area contributed by atoms with Crippen molar-refractivity contribution >= 4 is 11.2 Å². The third-order valence-corrected chi connectivity index (χ3v) is 6.05. The van der Waals surface area contributed by atoms with Crippen LogP contribution in [0.1, 0.15) is 50.3 Å². The lowest BCUT2D eigenvalue weighted by Crippen LogP contribution is -2.40. The van der Waals surface area contributed by atoms with Crippen molar-refractivity contribution in [1.82, 2.24) is 28.9 Å². The molecule has 3 aromatic heterocycles. The largest absolute Gasteiger partial charge is 0.332 e. The van der Waals surface area contributed by atoms with E-state index >= 15 is 0 Å². The van der Waals surface area contributed by atoms with Crippen molar-refractivity contribution < 1.29 is 0 Å². The normalized spacial score (nSPS) is 15.6. The van der Waals surface area contributed by atoms with E-state index in [1.54, 1.807) is 10.8 Å². The molecular formula is C23H26N6O2. The van der Waals surface area contributed by atoms with Gasteiger partial charge in [0.05, 0.1) is 17.8 Å². The van der Waals surface area contributed by atoms with Gasteiger partial charge in [0.1, 0.15) is 11.3 Å². The molecule has 3 heterocycles. The van der Waals surface area contributed by atoms with Crippen molar-refractivity contribution in [3.63, 3.8) is 0 Å². The van der Waals surface area contributed by atoms with Crippen molar-refractivity contribution in [2.45, 2.75) is 58.7 Å². The molecule has 1 aromatic carbocycles. The second-order valence-electron chi connectivity index (χ2n) is 8.14. The molecule has 31 heavy (non-hydrogen) atoms. The number of hydrogen-bond acceptors (Lipinski definition) is 4. The quantitative estimate of drug-likeness (QED) is 0.521. The molecule has 8 nitrogen and oxygen atoms in total. The molecule has 4 aromatic rings. The molecule has 1 N–H and O–H groups in total. The van der Waals surface area contributed by atoms with Crippen molar-refractivity contribution in [2.24, 2.45) is 0 Å². The Bertz CT molecular complexity index is 1370. The Morgan fingerprint density at radius 2 is 1.87 bits per heavy atom. The van der Waals surface area contributed by atoms with Crippen LogP contribution < -0.4 is 11.2 Å². The van der Waals surface area contributed by atoms with Crippen LogP contribution in [0, 0.1) is 0 Å². The summed E-state index contributed by atoms with van der Waals surface area (Å²) in [5.41, 5.74) is 3.66. The zero-order valence-electron chi connectivity index (χ0n) is 17.8. The number of nitrogens with zero attached hydrogens (tertiary/aromatic N) is 5. The van der Waals surface area contributed by atoms with E-state index in [2.05, 4.69) is 39.3 Å². The number of H-pyrrole nitrogens is 1. The van der Waals surface area contributed by atoms with E-state index in [4.69, 9.17) is 0 Å². The van der Waals surface area contributed by atoms with E-state index in [1.807, 2.05) is 24.7 Å². The number of aromatic nitrogens is 6. The molecule has 0 radical (unpaired) electrons. The second kappa shape index (κ2) is 7.68. The third kappa shape index (κ3) is 3.13. The number of rotatable bonds is 6. The van der Waals surface area contributed by atoms with Crippen LogP contribution in [-0.2, 0) is 19.5 Å². The minimum Gasteiger partial charge on any atom is -0.332 e. The number of benzene rings is 1. The highest BCUT2D eigenvalue weighted by molar-refractivity contribution is 5.75. The van der Waals surface area contributed by atoms with Crippen molar-refractivity contribution in [1.29, 1.82) is 0 Å². The standard InChI is InChI=1S/C23H26N6O2/c1-3-11-27-21-19(22(30)28(12-4-2)23(27)31)25-20(26-21)16-13-24-29(14-16)18-10-9-15-7-5-6-8-17(15)18/h5-8,13-14,18H,3-4,9-12H2,1-2H3,(H,25,26)/t18-/m0/s1. The van der Waals surface area contributed by atoms with E-state index in [-0.39, 0.29) is 17.3 Å². The molecule has 1 aliphatic rings. The Labute approximate surface area is 179 Å². The summed E-state index contributed by atoms with van der Waals surface area (Å²) >= 11 is 0. The molecule has 0 bridgehead atoms. The summed E-state index contributed by atoms with van der Waals surface area (Å²) in [6.07, 6.45) is 7.28. The van der Waals surface area contributed by atoms with Crippen LogP contribution in [0.25, 0.3) is 22.6 Å². The Morgan fingerprint density at radius 3 is 2.68 bits per heavy atom. The minimum atomic E-state index is -0.315. The fourth-order valence-corrected chi connectivity index (χ4v) is 4.59. The number of nitrogens with one attached hydrogen (secondary N) is 1. The second-order valence-corrected chi connectivity index (χ2v) is 8.14. The van der Waals surface area contributed by atoms with Crippen LogP contribution in [0.3, 0.4) is 0 Å². The molecule has 0 spiro atoms. The van der Waals surface area contributed by atoms with Gasteiger partial charge in [0.15, 0.2) is 5.65 Å². The van der Waals surface area contributed by atoms with Crippen LogP contribution >= 0.6 is 0 Å². The highest BCUT2D eigenvalue weighted by Gasteiger charge is 2.25. The summed E-state index contributed by atoms with van der Waals surface area (Å²) in [6, 6.07) is 8.68. The molecule has 0 fully saturated rings. The Hall–Kier alpha value is -3.42. The predicted octanol–water partition coefficient (Wildman–Crippen LogP) is 3.11. The Balaban J connectivity index is 1.59. The number of fused-ring (bicyclic) bond motifs is 2. The fourth-order valence-electron chi connectivity index (χ4n) is 4.59. The van der Waals surface area contributed by atoms with Gasteiger partial charge in [-0.15, -0.1) is 0 Å². The number of hydrogen-bond donors (Lipinski definition) is 1. The highest BCUT2D eigenvalue weighted by Crippen LogP contribution is 2.34. The highest BCUT2D eigenvalue weighted by atomic mass is 16.2. The maximum Gasteiger partial charge on any atom is 0.332 e. The molecule has 0 unspecified atom stereocenters. The van der Waals surface area contributed by atoms with Crippen LogP contribution in [0.4, 0.5) is 0 Å². The smallest absolute Gasteiger partial charge is 0.332 e. The minimum absolute atomic E-state index is 0.203. The molecule has 1 atom stereocenters. The van der Waals surface area contributed by atoms with Gasteiger partial charge in [-0.3, -0.25) is 18.6 Å². The zero-order valence-corrected chi connectivity index (χ0v) is 17.8. The summed E-state index contributed by atoms with van der Waals surface area (Å²) in [5.74, 6) is 0.558. The van der Waals surface area contributed by atoms with E-state index in [1.165, 1.54) is 15.7 Å². The van der Waals surface area contributed by atoms with Gasteiger partial charge >= 0.3 is 5.69 Å². The first-order valence-corrected chi connectivity index (χ1v) is 11.0. The summed E-state index contributed by atoms with van der Waals surface area (Å²) in [6.45, 7) is 4.87. The average Bonchev–Trinajstić information content (AvgIpc) is 3.51. The molecular weight excluding hydrogens is 392 g/mol. The van der Waals surface area contributed by atoms with E-state index in [9.17, 15) is 9.59 Å². The molecule has 5 rings (SSSR count). The van der Waals surface area contributed by atoms with E-state index in [0.717, 1.165) is 24.8 Å². The molecule has 0 saturated heterocycles. The first kappa shape index (κ1) is 19.5. The number of aromatic amines is 1. The number of aryl methyl sites for hydroxylation is 2. The van der Waals surface area contributed by atoms with E-state index < -0.39 is 0 Å². The monoisotopic (exact) mass is 418 g/mol. The first-order valence-electron chi connectivity index (χ1n) is 11.0. The fraction of sp³-hybridized carbons (Fsp3) is 0.391. The zero-order chi connectivity index (χ0) is 21.5. The summed E-state index contributed by atoms with van der Waals surface area (Å²) in [7, 11) is 0. The van der Waals surface area contributed by atoms with Gasteiger partial charge in [0.2, 0.25) is 0 Å². The molecule has 160 valence electrons. The van der Waals surface area contributed by atoms with Crippen molar-refractivity contribution in [3.05, 3.63) is 68.6 Å². The van der Waals surface area contributed by atoms with E-state index in [0.29, 0.717) is 36.5 Å². The lowest BCUT2D eigenvalue weighted by Gasteiger charge is -2.11. The Morgan fingerprint density at radius 1 is 1.10 bits per heavy atom. The van der Waals surface area contributed by atoms with Crippen LogP contribution in [0.2, 0.25) is 0 Å². The lowest BCUT2D eigenvalue weighted by atomic mass is 10.1. The van der Waals surface area contributed by atoms with Gasteiger partial charge in [0.25, 0.3) is 5.56 Å². The SMILES string of the molecule is CCCn1c(=O)c2[nH]c(-c3cnn([C@H]4CCc5ccccc54)c3)nc2n(CCC)c1=O. The first-order chi connectivity index (χ1) is 15.1. The van der Waals surface area contributed by atoms with Gasteiger partial charge in [-0.25, -0.2) is 9.78 Å². The third-order valence-electron chi connectivity index (χ3n) is 6.05. The molecule has 0 aliphatic heterocycles. The molecule has 8 heteroatoms. The average molecular weight is 419 g/mol. The van der Waals surface area contributed by atoms with Gasteiger partial charge in [-0.05, 0) is 36.8 Å². The molecule has 1 aliphatic carbocycles. The maximum atomic E-state index is 12.9. The molecule has 0 saturated carbocycles. The topological polar surface area (TPSA) is 90.5 Å². The molecule has 0 amide bonds. The van der Waals surface area contributed by atoms with Gasteiger partial charge in [-0.1, -0.05) is 38.1 Å². The summed E-state index contributed by atoms with van der Waals surface area (Å²) in [5, 5.41) is 4.59. The van der Waals surface area contributed by atoms with Crippen molar-refractivity contribution in [3.8, 4) is 11.4 Å². The summed E-state index contributed by atoms with van der Waals surface area (Å²) in [4.78, 5) is 33.6. The van der Waals surface area contributed by atoms with Gasteiger partial charge in [0, 0.05) is 19.3 Å². The summed E-state index contributed by atoms with van der Waals surface area (Å²) < 4.78 is 4.88. The number of imidazole rings is 1. The van der Waals surface area contributed by atoms with Crippen LogP contribution in [0.15, 0.2) is 46.2 Å². The van der Waals surface area contributed by atoms with Crippen LogP contribution in [-0.4, -0.2) is 28.9 Å². The Kier molecular flexibility index (Phi) is 4.84. The predicted molar refractivity (Wildman–Crippen MR) is 119 cm³/mol. The lowest BCUT2D eigenvalue weighted by molar-refractivity contribution is 0.520. The maximum absolute atomic E-state index is 12.9.